The van der Waals surface area contributed by atoms with Crippen molar-refractivity contribution in [1.29, 1.82) is 0 Å². The second-order valence-corrected chi connectivity index (χ2v) is 4.32. The molecule has 116 valence electrons. The van der Waals surface area contributed by atoms with E-state index in [0.717, 1.165) is 6.42 Å². The van der Waals surface area contributed by atoms with Gasteiger partial charge in [-0.2, -0.15) is 0 Å². The van der Waals surface area contributed by atoms with Crippen LogP contribution in [0, 0.1) is 0 Å². The lowest BCUT2D eigenvalue weighted by molar-refractivity contribution is -0.143. The van der Waals surface area contributed by atoms with Crippen molar-refractivity contribution in [2.24, 2.45) is 0 Å². The largest absolute Gasteiger partial charge is 0.464 e. The lowest BCUT2D eigenvalue weighted by atomic mass is 10.3. The van der Waals surface area contributed by atoms with E-state index in [9.17, 15) is 9.59 Å². The lowest BCUT2D eigenvalue weighted by Crippen LogP contribution is -2.30. The highest BCUT2D eigenvalue weighted by Gasteiger charge is 2.06. The summed E-state index contributed by atoms with van der Waals surface area (Å²) in [7, 11) is 1.71. The minimum atomic E-state index is -0.309. The number of carbonyl (C=O) groups excluding carboxylic acids is 2. The molecule has 19 heavy (non-hydrogen) atoms. The molecule has 0 unspecified atom stereocenters. The molecule has 0 bridgehead atoms. The number of esters is 1. The Bertz CT molecular complexity index is 204. The summed E-state index contributed by atoms with van der Waals surface area (Å²) >= 11 is 0. The molecule has 1 amide bonds. The van der Waals surface area contributed by atoms with Gasteiger partial charge in [0.2, 0.25) is 5.91 Å². The first-order chi connectivity index (χ1) is 8.90. The third-order valence-corrected chi connectivity index (χ3v) is 1.62. The predicted molar refractivity (Wildman–Crippen MR) is 81.1 cm³/mol. The Morgan fingerprint density at radius 3 is 1.74 bits per heavy atom. The average molecular weight is 275 g/mol. The summed E-state index contributed by atoms with van der Waals surface area (Å²) in [5, 5.41) is 0. The second-order valence-electron chi connectivity index (χ2n) is 4.32. The van der Waals surface area contributed by atoms with Gasteiger partial charge in [0.15, 0.2) is 0 Å². The molecule has 4 nitrogen and oxygen atoms in total. The maximum Gasteiger partial charge on any atom is 0.302 e. The van der Waals surface area contributed by atoms with E-state index in [2.05, 4.69) is 27.7 Å². The molecule has 0 aliphatic rings. The van der Waals surface area contributed by atoms with Crippen LogP contribution in [-0.4, -0.2) is 37.0 Å². The molecule has 0 heterocycles. The van der Waals surface area contributed by atoms with Crippen molar-refractivity contribution in [3.63, 3.8) is 0 Å². The van der Waals surface area contributed by atoms with Gasteiger partial charge in [-0.3, -0.25) is 9.59 Å². The normalized spacial score (nSPS) is 8.37. The summed E-state index contributed by atoms with van der Waals surface area (Å²) < 4.78 is 4.71. The first-order valence-corrected chi connectivity index (χ1v) is 7.28. The highest BCUT2D eigenvalue weighted by atomic mass is 16.5. The third-order valence-electron chi connectivity index (χ3n) is 1.62. The number of hydrogen-bond acceptors (Lipinski definition) is 3. The highest BCUT2D eigenvalue weighted by Crippen LogP contribution is 1.94. The summed E-state index contributed by atoms with van der Waals surface area (Å²) in [5.41, 5.74) is 0. The van der Waals surface area contributed by atoms with Crippen LogP contribution in [0.15, 0.2) is 0 Å². The molecule has 0 spiro atoms. The molecule has 0 fully saturated rings. The van der Waals surface area contributed by atoms with E-state index in [1.54, 1.807) is 11.9 Å². The number of amides is 1. The maximum atomic E-state index is 11.2. The Hall–Kier alpha value is -1.06. The van der Waals surface area contributed by atoms with Crippen molar-refractivity contribution in [2.75, 3.05) is 20.2 Å². The Labute approximate surface area is 119 Å². The number of carbonyl (C=O) groups is 2. The van der Waals surface area contributed by atoms with Gasteiger partial charge in [0.05, 0.1) is 6.54 Å². The van der Waals surface area contributed by atoms with Crippen molar-refractivity contribution in [1.82, 2.24) is 4.90 Å². The minimum Gasteiger partial charge on any atom is -0.464 e. The van der Waals surface area contributed by atoms with Crippen LogP contribution in [0.4, 0.5) is 0 Å². The average Bonchev–Trinajstić information content (AvgIpc) is 2.30. The van der Waals surface area contributed by atoms with E-state index < -0.39 is 0 Å². The van der Waals surface area contributed by atoms with Gasteiger partial charge in [0.25, 0.3) is 0 Å². The Kier molecular flexibility index (Phi) is 23.4. The van der Waals surface area contributed by atoms with Gasteiger partial charge >= 0.3 is 5.97 Å². The standard InChI is InChI=1S/C9H17NO3.2C3H8/c1-4-5-9(12)10(3)6-7-13-8(2)11;2*1-3-2/h4-7H2,1-3H3;2*3H2,1-2H3. The topological polar surface area (TPSA) is 46.6 Å². The van der Waals surface area contributed by atoms with Crippen LogP contribution in [0.1, 0.15) is 67.2 Å². The number of hydrogen-bond donors (Lipinski definition) is 0. The van der Waals surface area contributed by atoms with Gasteiger partial charge in [-0.05, 0) is 6.42 Å². The van der Waals surface area contributed by atoms with E-state index in [-0.39, 0.29) is 18.5 Å². The fourth-order valence-electron chi connectivity index (χ4n) is 0.856. The Morgan fingerprint density at radius 1 is 1.00 bits per heavy atom. The molecule has 0 radical (unpaired) electrons. The molecule has 0 aliphatic carbocycles. The highest BCUT2D eigenvalue weighted by molar-refractivity contribution is 5.75. The summed E-state index contributed by atoms with van der Waals surface area (Å²) in [4.78, 5) is 23.2. The quantitative estimate of drug-likeness (QED) is 0.720. The van der Waals surface area contributed by atoms with Gasteiger partial charge in [-0.1, -0.05) is 47.5 Å². The van der Waals surface area contributed by atoms with Crippen LogP contribution < -0.4 is 0 Å². The van der Waals surface area contributed by atoms with Gasteiger partial charge in [0.1, 0.15) is 6.61 Å². The van der Waals surface area contributed by atoms with Gasteiger partial charge in [-0.15, -0.1) is 0 Å². The van der Waals surface area contributed by atoms with Crippen molar-refractivity contribution in [2.45, 2.75) is 67.2 Å². The van der Waals surface area contributed by atoms with E-state index in [1.165, 1.54) is 19.8 Å². The second kappa shape index (κ2) is 19.3. The van der Waals surface area contributed by atoms with Gasteiger partial charge in [-0.25, -0.2) is 0 Å². The molecule has 0 aromatic rings. The molecule has 0 atom stereocenters. The molecule has 0 aliphatic heterocycles. The van der Waals surface area contributed by atoms with Gasteiger partial charge < -0.3 is 9.64 Å². The summed E-state index contributed by atoms with van der Waals surface area (Å²) in [6, 6.07) is 0. The van der Waals surface area contributed by atoms with Crippen LogP contribution in [0.2, 0.25) is 0 Å². The molecule has 4 heteroatoms. The van der Waals surface area contributed by atoms with E-state index >= 15 is 0 Å². The van der Waals surface area contributed by atoms with E-state index in [1.807, 2.05) is 6.92 Å². The first-order valence-electron chi connectivity index (χ1n) is 7.28. The van der Waals surface area contributed by atoms with Crippen LogP contribution in [0.5, 0.6) is 0 Å². The number of ether oxygens (including phenoxy) is 1. The summed E-state index contributed by atoms with van der Waals surface area (Å²) in [5.74, 6) is -0.217. The number of likely N-dealkylation sites (N-methyl/N-ethyl adjacent to an activating group) is 1. The SMILES string of the molecule is CCC.CCC.CCCC(=O)N(C)CCOC(C)=O. The van der Waals surface area contributed by atoms with Crippen molar-refractivity contribution in [3.05, 3.63) is 0 Å². The Morgan fingerprint density at radius 2 is 1.42 bits per heavy atom. The van der Waals surface area contributed by atoms with Crippen molar-refractivity contribution < 1.29 is 14.3 Å². The van der Waals surface area contributed by atoms with E-state index in [4.69, 9.17) is 4.74 Å². The Balaban J connectivity index is -0.000000360. The smallest absolute Gasteiger partial charge is 0.302 e. The molecule has 0 N–H and O–H groups in total. The van der Waals surface area contributed by atoms with Crippen LogP contribution in [-0.2, 0) is 14.3 Å². The molecular weight excluding hydrogens is 242 g/mol. The zero-order valence-electron chi connectivity index (χ0n) is 13.9. The minimum absolute atomic E-state index is 0.0923. The molecular formula is C15H33NO3. The molecule has 0 rings (SSSR count). The van der Waals surface area contributed by atoms with Gasteiger partial charge in [0, 0.05) is 20.4 Å². The van der Waals surface area contributed by atoms with Crippen LogP contribution >= 0.6 is 0 Å². The third kappa shape index (κ3) is 26.5. The summed E-state index contributed by atoms with van der Waals surface area (Å²) in [6.45, 7) is 12.6. The van der Waals surface area contributed by atoms with E-state index in [0.29, 0.717) is 13.0 Å². The maximum absolute atomic E-state index is 11.2. The summed E-state index contributed by atoms with van der Waals surface area (Å²) in [6.07, 6.45) is 3.90. The molecule has 0 aromatic carbocycles. The zero-order chi connectivity index (χ0) is 15.7. The monoisotopic (exact) mass is 275 g/mol. The molecule has 0 saturated heterocycles. The van der Waals surface area contributed by atoms with Crippen LogP contribution in [0.3, 0.4) is 0 Å². The number of rotatable bonds is 5. The lowest BCUT2D eigenvalue weighted by Gasteiger charge is -2.16. The fourth-order valence-corrected chi connectivity index (χ4v) is 0.856. The van der Waals surface area contributed by atoms with Crippen molar-refractivity contribution in [3.8, 4) is 0 Å². The van der Waals surface area contributed by atoms with Crippen LogP contribution in [0.25, 0.3) is 0 Å². The van der Waals surface area contributed by atoms with Crippen molar-refractivity contribution >= 4 is 11.9 Å². The number of nitrogens with zero attached hydrogens (tertiary/aromatic N) is 1. The predicted octanol–water partition coefficient (Wildman–Crippen LogP) is 3.64. The molecule has 0 aromatic heterocycles. The zero-order valence-corrected chi connectivity index (χ0v) is 13.9. The first kappa shape index (κ1) is 23.1. The molecule has 0 saturated carbocycles. The fraction of sp³-hybridized carbons (Fsp3) is 0.867.